The fraction of sp³-hybridized carbons (Fsp3) is 0.600. The summed E-state index contributed by atoms with van der Waals surface area (Å²) in [7, 11) is 0. The van der Waals surface area contributed by atoms with Crippen LogP contribution in [0.1, 0.15) is 39.5 Å². The van der Waals surface area contributed by atoms with Gasteiger partial charge in [0.15, 0.2) is 0 Å². The monoisotopic (exact) mass is 216 g/mol. The molecule has 0 saturated heterocycles. The van der Waals surface area contributed by atoms with Gasteiger partial charge in [-0.1, -0.05) is 47.8 Å². The van der Waals surface area contributed by atoms with Gasteiger partial charge in [-0.3, -0.25) is 0 Å². The van der Waals surface area contributed by atoms with Gasteiger partial charge in [0.25, 0.3) is 0 Å². The minimum Gasteiger partial charge on any atom is -0.0874 e. The molecular weight excluding hydrogens is 200 g/mol. The zero-order valence-electron chi connectivity index (χ0n) is 7.44. The maximum Gasteiger partial charge on any atom is -0.0157 e. The average molecular weight is 217 g/mol. The standard InChI is InChI=1S/C10H17Br/c1-3-5-6-8-10(9-11)7-4-2/h4,7,9H,3,5-6,8H2,1-2H3/b7-4+,10-9+. The van der Waals surface area contributed by atoms with Crippen LogP contribution in [0.3, 0.4) is 0 Å². The fourth-order valence-corrected chi connectivity index (χ4v) is 1.35. The second-order valence-corrected chi connectivity index (χ2v) is 3.10. The van der Waals surface area contributed by atoms with E-state index in [1.807, 2.05) is 4.99 Å². The van der Waals surface area contributed by atoms with Crippen LogP contribution in [0.2, 0.25) is 0 Å². The molecule has 0 aromatic carbocycles. The Morgan fingerprint density at radius 3 is 2.55 bits per heavy atom. The van der Waals surface area contributed by atoms with Crippen molar-refractivity contribution in [1.29, 1.82) is 0 Å². The van der Waals surface area contributed by atoms with E-state index in [-0.39, 0.29) is 0 Å². The molecular formula is C10H17Br. The second-order valence-electron chi connectivity index (χ2n) is 2.64. The lowest BCUT2D eigenvalue weighted by atomic mass is 10.1. The van der Waals surface area contributed by atoms with Crippen molar-refractivity contribution >= 4 is 15.9 Å². The number of unbranched alkanes of at least 4 members (excludes halogenated alkanes) is 2. The molecule has 0 aliphatic heterocycles. The van der Waals surface area contributed by atoms with E-state index < -0.39 is 0 Å². The Bertz CT molecular complexity index is 134. The van der Waals surface area contributed by atoms with Gasteiger partial charge in [0.1, 0.15) is 0 Å². The molecule has 1 heteroatoms. The van der Waals surface area contributed by atoms with Crippen molar-refractivity contribution in [1.82, 2.24) is 0 Å². The molecule has 0 radical (unpaired) electrons. The van der Waals surface area contributed by atoms with E-state index in [0.29, 0.717) is 0 Å². The van der Waals surface area contributed by atoms with Crippen LogP contribution in [0.4, 0.5) is 0 Å². The number of rotatable bonds is 5. The summed E-state index contributed by atoms with van der Waals surface area (Å²) in [5.41, 5.74) is 1.39. The van der Waals surface area contributed by atoms with Gasteiger partial charge in [-0.2, -0.15) is 0 Å². The van der Waals surface area contributed by atoms with E-state index in [1.54, 1.807) is 0 Å². The van der Waals surface area contributed by atoms with Crippen molar-refractivity contribution < 1.29 is 0 Å². The SMILES string of the molecule is C/C=C/C(=C\Br)CCCCC. The molecule has 0 bridgehead atoms. The van der Waals surface area contributed by atoms with Gasteiger partial charge in [0.2, 0.25) is 0 Å². The zero-order chi connectivity index (χ0) is 8.53. The van der Waals surface area contributed by atoms with Gasteiger partial charge < -0.3 is 0 Å². The maximum atomic E-state index is 3.36. The predicted molar refractivity (Wildman–Crippen MR) is 56.0 cm³/mol. The summed E-state index contributed by atoms with van der Waals surface area (Å²) in [6, 6.07) is 0. The van der Waals surface area contributed by atoms with Gasteiger partial charge in [0.05, 0.1) is 0 Å². The summed E-state index contributed by atoms with van der Waals surface area (Å²) in [6.45, 7) is 4.28. The molecule has 0 nitrogen and oxygen atoms in total. The van der Waals surface area contributed by atoms with Crippen molar-refractivity contribution in [2.24, 2.45) is 0 Å². The highest BCUT2D eigenvalue weighted by molar-refractivity contribution is 9.11. The lowest BCUT2D eigenvalue weighted by molar-refractivity contribution is 0.720. The molecule has 0 aliphatic rings. The molecule has 0 amide bonds. The van der Waals surface area contributed by atoms with Gasteiger partial charge in [-0.25, -0.2) is 0 Å². The number of hydrogen-bond acceptors (Lipinski definition) is 0. The zero-order valence-corrected chi connectivity index (χ0v) is 9.02. The Hall–Kier alpha value is -0.0400. The van der Waals surface area contributed by atoms with Gasteiger partial charge in [-0.05, 0) is 30.3 Å². The molecule has 0 saturated carbocycles. The number of allylic oxidation sites excluding steroid dienone is 3. The second kappa shape index (κ2) is 8.06. The topological polar surface area (TPSA) is 0 Å². The third-order valence-corrected chi connectivity index (χ3v) is 2.18. The Balaban J connectivity index is 3.54. The molecule has 0 aromatic heterocycles. The Morgan fingerprint density at radius 2 is 2.09 bits per heavy atom. The highest BCUT2D eigenvalue weighted by atomic mass is 79.9. The highest BCUT2D eigenvalue weighted by Crippen LogP contribution is 2.11. The van der Waals surface area contributed by atoms with Crippen molar-refractivity contribution in [3.05, 3.63) is 22.7 Å². The Labute approximate surface area is 78.5 Å². The van der Waals surface area contributed by atoms with Crippen LogP contribution in [0, 0.1) is 0 Å². The quantitative estimate of drug-likeness (QED) is 0.472. The summed E-state index contributed by atoms with van der Waals surface area (Å²) in [4.78, 5) is 2.02. The number of halogens is 1. The molecule has 64 valence electrons. The molecule has 0 spiro atoms. The molecule has 0 fully saturated rings. The summed E-state index contributed by atoms with van der Waals surface area (Å²) in [5.74, 6) is 0. The lowest BCUT2D eigenvalue weighted by Crippen LogP contribution is -1.78. The van der Waals surface area contributed by atoms with Crippen LogP contribution in [0.25, 0.3) is 0 Å². The molecule has 0 heterocycles. The van der Waals surface area contributed by atoms with Crippen molar-refractivity contribution in [2.45, 2.75) is 39.5 Å². The minimum absolute atomic E-state index is 1.20. The average Bonchev–Trinajstić information content (AvgIpc) is 2.03. The van der Waals surface area contributed by atoms with E-state index in [0.717, 1.165) is 0 Å². The van der Waals surface area contributed by atoms with E-state index >= 15 is 0 Å². The van der Waals surface area contributed by atoms with E-state index in [1.165, 1.54) is 31.3 Å². The first-order valence-electron chi connectivity index (χ1n) is 4.27. The van der Waals surface area contributed by atoms with Gasteiger partial charge in [0, 0.05) is 0 Å². The third-order valence-electron chi connectivity index (χ3n) is 1.59. The Kier molecular flexibility index (Phi) is 8.03. The van der Waals surface area contributed by atoms with Crippen LogP contribution in [-0.2, 0) is 0 Å². The van der Waals surface area contributed by atoms with Crippen LogP contribution in [-0.4, -0.2) is 0 Å². The van der Waals surface area contributed by atoms with Crippen LogP contribution in [0.5, 0.6) is 0 Å². The molecule has 0 aromatic rings. The molecule has 0 atom stereocenters. The van der Waals surface area contributed by atoms with Gasteiger partial charge in [-0.15, -0.1) is 0 Å². The largest absolute Gasteiger partial charge is 0.0874 e. The molecule has 0 rings (SSSR count). The van der Waals surface area contributed by atoms with E-state index in [4.69, 9.17) is 0 Å². The van der Waals surface area contributed by atoms with Crippen molar-refractivity contribution in [3.63, 3.8) is 0 Å². The first kappa shape index (κ1) is 11.0. The van der Waals surface area contributed by atoms with Crippen LogP contribution < -0.4 is 0 Å². The molecule has 0 aliphatic carbocycles. The summed E-state index contributed by atoms with van der Waals surface area (Å²) in [5, 5.41) is 0. The summed E-state index contributed by atoms with van der Waals surface area (Å²) >= 11 is 3.36. The number of hydrogen-bond donors (Lipinski definition) is 0. The first-order valence-corrected chi connectivity index (χ1v) is 5.18. The lowest BCUT2D eigenvalue weighted by Gasteiger charge is -1.98. The normalized spacial score (nSPS) is 12.8. The first-order chi connectivity index (χ1) is 5.35. The maximum absolute atomic E-state index is 3.36. The van der Waals surface area contributed by atoms with Crippen molar-refractivity contribution in [2.75, 3.05) is 0 Å². The van der Waals surface area contributed by atoms with Gasteiger partial charge >= 0.3 is 0 Å². The third kappa shape index (κ3) is 6.36. The van der Waals surface area contributed by atoms with Crippen LogP contribution >= 0.6 is 15.9 Å². The highest BCUT2D eigenvalue weighted by Gasteiger charge is 1.90. The predicted octanol–water partition coefficient (Wildman–Crippen LogP) is 4.42. The summed E-state index contributed by atoms with van der Waals surface area (Å²) in [6.07, 6.45) is 9.37. The van der Waals surface area contributed by atoms with E-state index in [2.05, 4.69) is 41.9 Å². The van der Waals surface area contributed by atoms with Crippen molar-refractivity contribution in [3.8, 4) is 0 Å². The molecule has 0 N–H and O–H groups in total. The fourth-order valence-electron chi connectivity index (χ4n) is 0.967. The smallest absolute Gasteiger partial charge is 0.0157 e. The summed E-state index contributed by atoms with van der Waals surface area (Å²) < 4.78 is 0. The van der Waals surface area contributed by atoms with E-state index in [9.17, 15) is 0 Å². The Morgan fingerprint density at radius 1 is 1.36 bits per heavy atom. The molecule has 11 heavy (non-hydrogen) atoms. The van der Waals surface area contributed by atoms with Crippen LogP contribution in [0.15, 0.2) is 22.7 Å². The molecule has 0 unspecified atom stereocenters. The minimum atomic E-state index is 1.20.